The van der Waals surface area contributed by atoms with Crippen molar-refractivity contribution in [1.29, 1.82) is 0 Å². The van der Waals surface area contributed by atoms with Gasteiger partial charge in [0.2, 0.25) is 5.91 Å². The molecule has 0 fully saturated rings. The smallest absolute Gasteiger partial charge is 0.350 e. The Balaban J connectivity index is 1.71. The Morgan fingerprint density at radius 2 is 1.59 bits per heavy atom. The van der Waals surface area contributed by atoms with Crippen molar-refractivity contribution in [1.82, 2.24) is 9.88 Å². The maximum absolute atomic E-state index is 13.2. The number of aryl methyl sites for hydroxylation is 2. The number of nitrogens with zero attached hydrogens (tertiary/aromatic N) is 2. The SMILES string of the molecule is Cc1cc(C(C)(C)C)ccc1NC(=O)CN(Cc1ccc(OC(C)(C)C(=O)OC(C)(C)C)cc1)Cc1ocnc1C. The van der Waals surface area contributed by atoms with Crippen LogP contribution in [0.5, 0.6) is 5.75 Å². The predicted octanol–water partition coefficient (Wildman–Crippen LogP) is 6.73. The summed E-state index contributed by atoms with van der Waals surface area (Å²) in [6.07, 6.45) is 1.42. The second kappa shape index (κ2) is 12.5. The molecule has 222 valence electrons. The Labute approximate surface area is 244 Å². The van der Waals surface area contributed by atoms with Crippen molar-refractivity contribution >= 4 is 17.6 Å². The van der Waals surface area contributed by atoms with Crippen LogP contribution in [0.1, 0.15) is 83.5 Å². The number of carbonyl (C=O) groups is 2. The molecule has 0 radical (unpaired) electrons. The van der Waals surface area contributed by atoms with Crippen molar-refractivity contribution in [3.63, 3.8) is 0 Å². The second-order valence-electron chi connectivity index (χ2n) is 13.1. The van der Waals surface area contributed by atoms with Crippen LogP contribution in [0.15, 0.2) is 53.3 Å². The third-order valence-corrected chi connectivity index (χ3v) is 6.54. The minimum Gasteiger partial charge on any atom is -0.476 e. The fourth-order valence-electron chi connectivity index (χ4n) is 4.17. The van der Waals surface area contributed by atoms with E-state index in [1.165, 1.54) is 12.0 Å². The van der Waals surface area contributed by atoms with Crippen LogP contribution < -0.4 is 10.1 Å². The van der Waals surface area contributed by atoms with Gasteiger partial charge in [0.1, 0.15) is 17.1 Å². The van der Waals surface area contributed by atoms with Gasteiger partial charge in [0.25, 0.3) is 0 Å². The topological polar surface area (TPSA) is 93.9 Å². The van der Waals surface area contributed by atoms with Crippen molar-refractivity contribution in [2.45, 2.75) is 98.9 Å². The van der Waals surface area contributed by atoms with Crippen LogP contribution in [0.4, 0.5) is 5.69 Å². The lowest BCUT2D eigenvalue weighted by molar-refractivity contribution is -0.170. The van der Waals surface area contributed by atoms with E-state index in [9.17, 15) is 9.59 Å². The first-order valence-corrected chi connectivity index (χ1v) is 14.0. The summed E-state index contributed by atoms with van der Waals surface area (Å²) in [6, 6.07) is 13.6. The predicted molar refractivity (Wildman–Crippen MR) is 161 cm³/mol. The number of rotatable bonds is 10. The minimum atomic E-state index is -1.15. The maximum Gasteiger partial charge on any atom is 0.350 e. The molecule has 2 aromatic carbocycles. The highest BCUT2D eigenvalue weighted by molar-refractivity contribution is 5.93. The molecular formula is C33H45N3O5. The summed E-state index contributed by atoms with van der Waals surface area (Å²) in [7, 11) is 0. The molecule has 0 spiro atoms. The number of aromatic nitrogens is 1. The number of hydrogen-bond donors (Lipinski definition) is 1. The van der Waals surface area contributed by atoms with E-state index in [0.717, 1.165) is 22.5 Å². The monoisotopic (exact) mass is 563 g/mol. The molecule has 0 aliphatic heterocycles. The third kappa shape index (κ3) is 9.46. The van der Waals surface area contributed by atoms with Crippen LogP contribution in [0.2, 0.25) is 0 Å². The Kier molecular flexibility index (Phi) is 9.70. The molecule has 0 bridgehead atoms. The van der Waals surface area contributed by atoms with Gasteiger partial charge in [0.05, 0.1) is 18.8 Å². The Morgan fingerprint density at radius 3 is 2.12 bits per heavy atom. The van der Waals surface area contributed by atoms with Gasteiger partial charge in [-0.1, -0.05) is 45.0 Å². The number of carbonyl (C=O) groups excluding carboxylic acids is 2. The molecule has 3 aromatic rings. The highest BCUT2D eigenvalue weighted by atomic mass is 16.6. The first kappa shape index (κ1) is 31.9. The molecule has 1 heterocycles. The zero-order valence-corrected chi connectivity index (χ0v) is 26.2. The van der Waals surface area contributed by atoms with E-state index in [4.69, 9.17) is 13.9 Å². The maximum atomic E-state index is 13.2. The molecular weight excluding hydrogens is 518 g/mol. The van der Waals surface area contributed by atoms with Gasteiger partial charge in [0.15, 0.2) is 12.0 Å². The molecule has 0 unspecified atom stereocenters. The van der Waals surface area contributed by atoms with E-state index in [1.807, 2.05) is 69.9 Å². The molecule has 1 N–H and O–H groups in total. The second-order valence-corrected chi connectivity index (χ2v) is 13.1. The molecule has 1 aromatic heterocycles. The molecule has 0 saturated carbocycles. The highest BCUT2D eigenvalue weighted by Gasteiger charge is 2.34. The number of ether oxygens (including phenoxy) is 2. The Hall–Kier alpha value is -3.65. The van der Waals surface area contributed by atoms with Crippen LogP contribution in [0.25, 0.3) is 0 Å². The average Bonchev–Trinajstić information content (AvgIpc) is 3.23. The van der Waals surface area contributed by atoms with Crippen LogP contribution in [-0.2, 0) is 32.8 Å². The first-order valence-electron chi connectivity index (χ1n) is 14.0. The van der Waals surface area contributed by atoms with Gasteiger partial charge in [-0.25, -0.2) is 9.78 Å². The Bertz CT molecular complexity index is 1340. The lowest BCUT2D eigenvalue weighted by Gasteiger charge is -2.29. The summed E-state index contributed by atoms with van der Waals surface area (Å²) < 4.78 is 17.0. The number of amides is 1. The summed E-state index contributed by atoms with van der Waals surface area (Å²) in [5.41, 5.74) is 3.09. The van der Waals surface area contributed by atoms with Crippen LogP contribution in [0, 0.1) is 13.8 Å². The summed E-state index contributed by atoms with van der Waals surface area (Å²) in [5, 5.41) is 3.07. The molecule has 8 nitrogen and oxygen atoms in total. The molecule has 0 saturated heterocycles. The number of benzene rings is 2. The quantitative estimate of drug-likeness (QED) is 0.273. The fraction of sp³-hybridized carbons (Fsp3) is 0.485. The van der Waals surface area contributed by atoms with Crippen LogP contribution in [-0.4, -0.2) is 39.5 Å². The minimum absolute atomic E-state index is 0.0328. The standard InChI is InChI=1S/C33H45N3O5/c1-22-17-25(31(3,4)5)13-16-27(22)35-29(37)20-36(19-28-23(2)34-21-39-28)18-24-11-14-26(15-12-24)40-33(9,10)30(38)41-32(6,7)8/h11-17,21H,18-20H2,1-10H3,(H,35,37). The van der Waals surface area contributed by atoms with Crippen LogP contribution >= 0.6 is 0 Å². The Morgan fingerprint density at radius 1 is 0.927 bits per heavy atom. The molecule has 3 rings (SSSR count). The first-order chi connectivity index (χ1) is 18.9. The van der Waals surface area contributed by atoms with E-state index < -0.39 is 17.2 Å². The van der Waals surface area contributed by atoms with Gasteiger partial charge >= 0.3 is 5.97 Å². The number of oxazole rings is 1. The number of anilines is 1. The summed E-state index contributed by atoms with van der Waals surface area (Å²) in [5.74, 6) is 0.710. The number of esters is 1. The van der Waals surface area contributed by atoms with E-state index in [1.54, 1.807) is 13.8 Å². The van der Waals surface area contributed by atoms with Crippen molar-refractivity contribution in [2.75, 3.05) is 11.9 Å². The molecule has 0 aliphatic rings. The van der Waals surface area contributed by atoms with Gasteiger partial charge in [-0.2, -0.15) is 0 Å². The largest absolute Gasteiger partial charge is 0.476 e. The summed E-state index contributed by atoms with van der Waals surface area (Å²) in [6.45, 7) is 20.3. The highest BCUT2D eigenvalue weighted by Crippen LogP contribution is 2.27. The average molecular weight is 564 g/mol. The molecule has 0 atom stereocenters. The van der Waals surface area contributed by atoms with Gasteiger partial charge in [-0.3, -0.25) is 9.69 Å². The normalized spacial score (nSPS) is 12.4. The van der Waals surface area contributed by atoms with E-state index in [-0.39, 0.29) is 17.9 Å². The van der Waals surface area contributed by atoms with E-state index in [2.05, 4.69) is 43.2 Å². The molecule has 0 aliphatic carbocycles. The van der Waals surface area contributed by atoms with Crippen molar-refractivity contribution in [3.8, 4) is 5.75 Å². The molecule has 41 heavy (non-hydrogen) atoms. The van der Waals surface area contributed by atoms with Gasteiger partial charge in [-0.05, 0) is 88.8 Å². The summed E-state index contributed by atoms with van der Waals surface area (Å²) >= 11 is 0. The third-order valence-electron chi connectivity index (χ3n) is 6.54. The van der Waals surface area contributed by atoms with Gasteiger partial charge < -0.3 is 19.2 Å². The fourth-order valence-corrected chi connectivity index (χ4v) is 4.17. The number of hydrogen-bond acceptors (Lipinski definition) is 7. The van der Waals surface area contributed by atoms with Gasteiger partial charge in [-0.15, -0.1) is 0 Å². The van der Waals surface area contributed by atoms with E-state index in [0.29, 0.717) is 24.6 Å². The van der Waals surface area contributed by atoms with Crippen molar-refractivity contribution in [2.24, 2.45) is 0 Å². The molecule has 8 heteroatoms. The zero-order valence-electron chi connectivity index (χ0n) is 26.2. The summed E-state index contributed by atoms with van der Waals surface area (Å²) in [4.78, 5) is 32.0. The van der Waals surface area contributed by atoms with Crippen LogP contribution in [0.3, 0.4) is 0 Å². The van der Waals surface area contributed by atoms with Gasteiger partial charge in [0, 0.05) is 12.2 Å². The number of nitrogens with one attached hydrogen (secondary N) is 1. The van der Waals surface area contributed by atoms with E-state index >= 15 is 0 Å². The molecule has 1 amide bonds. The lowest BCUT2D eigenvalue weighted by atomic mass is 9.86. The van der Waals surface area contributed by atoms with Crippen molar-refractivity contribution < 1.29 is 23.5 Å². The lowest BCUT2D eigenvalue weighted by Crippen LogP contribution is -2.43. The van der Waals surface area contributed by atoms with Crippen molar-refractivity contribution in [3.05, 3.63) is 77.0 Å². The zero-order chi connectivity index (χ0) is 30.6.